The van der Waals surface area contributed by atoms with Gasteiger partial charge >= 0.3 is 0 Å². The molecule has 0 spiro atoms. The predicted octanol–water partition coefficient (Wildman–Crippen LogP) is 3.52. The summed E-state index contributed by atoms with van der Waals surface area (Å²) >= 11 is 0. The summed E-state index contributed by atoms with van der Waals surface area (Å²) < 4.78 is 10.5. The average molecular weight is 285 g/mol. The standard InChI is InChI=1S/C18H23NO2/c1-13-11-16(21-4)9-10-17(13)18(19-2)12-14-5-7-15(20-3)8-6-14/h5-11,18-19H,12H2,1-4H3. The van der Waals surface area contributed by atoms with Gasteiger partial charge in [-0.1, -0.05) is 18.2 Å². The van der Waals surface area contributed by atoms with Crippen LogP contribution in [0.3, 0.4) is 0 Å². The minimum absolute atomic E-state index is 0.282. The van der Waals surface area contributed by atoms with E-state index in [0.29, 0.717) is 0 Å². The zero-order valence-corrected chi connectivity index (χ0v) is 13.1. The van der Waals surface area contributed by atoms with Gasteiger partial charge in [0.2, 0.25) is 0 Å². The largest absolute Gasteiger partial charge is 0.497 e. The van der Waals surface area contributed by atoms with Crippen molar-refractivity contribution in [2.45, 2.75) is 19.4 Å². The van der Waals surface area contributed by atoms with Gasteiger partial charge in [-0.25, -0.2) is 0 Å². The fraction of sp³-hybridized carbons (Fsp3) is 0.333. The fourth-order valence-electron chi connectivity index (χ4n) is 2.53. The molecule has 0 radical (unpaired) electrons. The van der Waals surface area contributed by atoms with Crippen LogP contribution in [-0.4, -0.2) is 21.3 Å². The van der Waals surface area contributed by atoms with E-state index >= 15 is 0 Å². The molecule has 21 heavy (non-hydrogen) atoms. The molecule has 0 bridgehead atoms. The third-order valence-electron chi connectivity index (χ3n) is 3.80. The molecule has 112 valence electrons. The Hall–Kier alpha value is -2.00. The maximum atomic E-state index is 5.27. The summed E-state index contributed by atoms with van der Waals surface area (Å²) in [5.74, 6) is 1.79. The van der Waals surface area contributed by atoms with Crippen molar-refractivity contribution >= 4 is 0 Å². The molecule has 1 unspecified atom stereocenters. The van der Waals surface area contributed by atoms with E-state index in [0.717, 1.165) is 17.9 Å². The number of benzene rings is 2. The first-order valence-electron chi connectivity index (χ1n) is 7.12. The molecule has 0 aromatic heterocycles. The van der Waals surface area contributed by atoms with Crippen molar-refractivity contribution in [1.29, 1.82) is 0 Å². The number of rotatable bonds is 6. The predicted molar refractivity (Wildman–Crippen MR) is 86.2 cm³/mol. The molecule has 0 aliphatic heterocycles. The minimum Gasteiger partial charge on any atom is -0.497 e. The third kappa shape index (κ3) is 3.76. The number of ether oxygens (including phenoxy) is 2. The van der Waals surface area contributed by atoms with Gasteiger partial charge in [0.1, 0.15) is 11.5 Å². The Morgan fingerprint density at radius 3 is 2.10 bits per heavy atom. The highest BCUT2D eigenvalue weighted by Crippen LogP contribution is 2.25. The summed E-state index contributed by atoms with van der Waals surface area (Å²) in [6.45, 7) is 2.12. The number of hydrogen-bond acceptors (Lipinski definition) is 3. The maximum Gasteiger partial charge on any atom is 0.119 e. The molecule has 1 atom stereocenters. The molecular formula is C18H23NO2. The number of hydrogen-bond donors (Lipinski definition) is 1. The van der Waals surface area contributed by atoms with Crippen LogP contribution in [-0.2, 0) is 6.42 Å². The molecule has 0 heterocycles. The zero-order valence-electron chi connectivity index (χ0n) is 13.1. The summed E-state index contributed by atoms with van der Waals surface area (Å²) in [6.07, 6.45) is 0.938. The van der Waals surface area contributed by atoms with Crippen molar-refractivity contribution < 1.29 is 9.47 Å². The number of nitrogens with one attached hydrogen (secondary N) is 1. The molecular weight excluding hydrogens is 262 g/mol. The van der Waals surface area contributed by atoms with Crippen molar-refractivity contribution in [3.05, 3.63) is 59.2 Å². The van der Waals surface area contributed by atoms with Crippen LogP contribution in [0.1, 0.15) is 22.7 Å². The normalized spacial score (nSPS) is 12.0. The lowest BCUT2D eigenvalue weighted by Crippen LogP contribution is -2.19. The van der Waals surface area contributed by atoms with Crippen LogP contribution < -0.4 is 14.8 Å². The van der Waals surface area contributed by atoms with Crippen LogP contribution in [0, 0.1) is 6.92 Å². The van der Waals surface area contributed by atoms with Gasteiger partial charge in [-0.2, -0.15) is 0 Å². The Morgan fingerprint density at radius 2 is 1.57 bits per heavy atom. The van der Waals surface area contributed by atoms with Crippen LogP contribution in [0.5, 0.6) is 11.5 Å². The summed E-state index contributed by atoms with van der Waals surface area (Å²) in [5.41, 5.74) is 3.82. The Morgan fingerprint density at radius 1 is 0.952 bits per heavy atom. The van der Waals surface area contributed by atoms with Crippen molar-refractivity contribution in [2.24, 2.45) is 0 Å². The number of aryl methyl sites for hydroxylation is 1. The van der Waals surface area contributed by atoms with E-state index in [9.17, 15) is 0 Å². The van der Waals surface area contributed by atoms with E-state index in [1.165, 1.54) is 16.7 Å². The SMILES string of the molecule is CNC(Cc1ccc(OC)cc1)c1ccc(OC)cc1C. The van der Waals surface area contributed by atoms with Gasteiger partial charge in [0.05, 0.1) is 14.2 Å². The highest BCUT2D eigenvalue weighted by atomic mass is 16.5. The molecule has 0 aliphatic carbocycles. The molecule has 0 saturated carbocycles. The topological polar surface area (TPSA) is 30.5 Å². The highest BCUT2D eigenvalue weighted by Gasteiger charge is 2.13. The second-order valence-electron chi connectivity index (χ2n) is 5.12. The molecule has 2 rings (SSSR count). The van der Waals surface area contributed by atoms with Gasteiger partial charge in [-0.05, 0) is 61.3 Å². The van der Waals surface area contributed by atoms with E-state index in [4.69, 9.17) is 9.47 Å². The molecule has 2 aromatic rings. The third-order valence-corrected chi connectivity index (χ3v) is 3.80. The molecule has 2 aromatic carbocycles. The number of likely N-dealkylation sites (N-methyl/N-ethyl adjacent to an activating group) is 1. The monoisotopic (exact) mass is 285 g/mol. The van der Waals surface area contributed by atoms with Gasteiger partial charge in [0.25, 0.3) is 0 Å². The first kappa shape index (κ1) is 15.4. The fourth-order valence-corrected chi connectivity index (χ4v) is 2.53. The van der Waals surface area contributed by atoms with Gasteiger partial charge < -0.3 is 14.8 Å². The molecule has 0 saturated heterocycles. The van der Waals surface area contributed by atoms with Crippen molar-refractivity contribution in [3.63, 3.8) is 0 Å². The lowest BCUT2D eigenvalue weighted by Gasteiger charge is -2.20. The lowest BCUT2D eigenvalue weighted by atomic mass is 9.95. The minimum atomic E-state index is 0.282. The van der Waals surface area contributed by atoms with Crippen molar-refractivity contribution in [3.8, 4) is 11.5 Å². The van der Waals surface area contributed by atoms with E-state index in [2.05, 4.69) is 36.5 Å². The first-order chi connectivity index (χ1) is 10.2. The summed E-state index contributed by atoms with van der Waals surface area (Å²) in [4.78, 5) is 0. The van der Waals surface area contributed by atoms with Crippen molar-refractivity contribution in [2.75, 3.05) is 21.3 Å². The highest BCUT2D eigenvalue weighted by molar-refractivity contribution is 5.38. The summed E-state index contributed by atoms with van der Waals surface area (Å²) in [5, 5.41) is 3.40. The zero-order chi connectivity index (χ0) is 15.2. The van der Waals surface area contributed by atoms with Gasteiger partial charge in [0, 0.05) is 6.04 Å². The molecule has 0 amide bonds. The Labute approximate surface area is 126 Å². The quantitative estimate of drug-likeness (QED) is 0.881. The molecule has 1 N–H and O–H groups in total. The van der Waals surface area contributed by atoms with Crippen LogP contribution in [0.2, 0.25) is 0 Å². The average Bonchev–Trinajstić information content (AvgIpc) is 2.53. The van der Waals surface area contributed by atoms with Crippen LogP contribution >= 0.6 is 0 Å². The summed E-state index contributed by atoms with van der Waals surface area (Å²) in [7, 11) is 5.38. The van der Waals surface area contributed by atoms with Crippen LogP contribution in [0.4, 0.5) is 0 Å². The lowest BCUT2D eigenvalue weighted by molar-refractivity contribution is 0.413. The van der Waals surface area contributed by atoms with E-state index in [1.54, 1.807) is 14.2 Å². The van der Waals surface area contributed by atoms with Crippen LogP contribution in [0.15, 0.2) is 42.5 Å². The second-order valence-corrected chi connectivity index (χ2v) is 5.12. The Balaban J connectivity index is 2.18. The Kier molecular flexibility index (Phi) is 5.23. The molecule has 3 nitrogen and oxygen atoms in total. The summed E-state index contributed by atoms with van der Waals surface area (Å²) in [6, 6.07) is 14.7. The van der Waals surface area contributed by atoms with E-state index in [1.807, 2.05) is 25.2 Å². The molecule has 0 fully saturated rings. The number of methoxy groups -OCH3 is 2. The van der Waals surface area contributed by atoms with Crippen LogP contribution in [0.25, 0.3) is 0 Å². The van der Waals surface area contributed by atoms with Crippen molar-refractivity contribution in [1.82, 2.24) is 5.32 Å². The van der Waals surface area contributed by atoms with Gasteiger partial charge in [-0.15, -0.1) is 0 Å². The second kappa shape index (κ2) is 7.14. The van der Waals surface area contributed by atoms with Gasteiger partial charge in [-0.3, -0.25) is 0 Å². The molecule has 0 aliphatic rings. The van der Waals surface area contributed by atoms with E-state index < -0.39 is 0 Å². The maximum absolute atomic E-state index is 5.27. The first-order valence-corrected chi connectivity index (χ1v) is 7.12. The Bertz CT molecular complexity index is 578. The smallest absolute Gasteiger partial charge is 0.119 e. The van der Waals surface area contributed by atoms with Gasteiger partial charge in [0.15, 0.2) is 0 Å². The van der Waals surface area contributed by atoms with E-state index in [-0.39, 0.29) is 6.04 Å². The molecule has 3 heteroatoms.